The monoisotopic (exact) mass is 264 g/mol. The molecule has 0 aromatic carbocycles. The third-order valence-corrected chi connectivity index (χ3v) is 3.42. The van der Waals surface area contributed by atoms with Crippen molar-refractivity contribution in [2.75, 3.05) is 46.2 Å². The van der Waals surface area contributed by atoms with Crippen LogP contribution in [0, 0.1) is 0 Å². The molecule has 0 fully saturated rings. The lowest BCUT2D eigenvalue weighted by Crippen LogP contribution is -2.23. The van der Waals surface area contributed by atoms with E-state index in [1.165, 1.54) is 12.1 Å². The zero-order valence-corrected chi connectivity index (χ0v) is 13.0. The number of hydrogen-bond acceptors (Lipinski definition) is 4. The standard InChI is InChI=1S/C15H28N4/c1-6-14(16-2)15-9-8-13(12-17-15)19(5)11-7-10-18(3)4/h8-9,12,14,16H,6-7,10-11H2,1-5H3. The first-order chi connectivity index (χ1) is 9.08. The van der Waals surface area contributed by atoms with Crippen LogP contribution in [0.3, 0.4) is 0 Å². The van der Waals surface area contributed by atoms with Gasteiger partial charge in [0.1, 0.15) is 0 Å². The Labute approximate surface area is 117 Å². The molecular weight excluding hydrogens is 236 g/mol. The molecule has 0 aliphatic rings. The van der Waals surface area contributed by atoms with Crippen molar-refractivity contribution in [3.8, 4) is 0 Å². The maximum absolute atomic E-state index is 4.57. The molecule has 1 heterocycles. The number of nitrogens with one attached hydrogen (secondary N) is 1. The van der Waals surface area contributed by atoms with E-state index in [1.807, 2.05) is 13.2 Å². The largest absolute Gasteiger partial charge is 0.373 e. The summed E-state index contributed by atoms with van der Waals surface area (Å²) in [5.74, 6) is 0. The van der Waals surface area contributed by atoms with E-state index < -0.39 is 0 Å². The van der Waals surface area contributed by atoms with E-state index in [2.05, 4.69) is 60.3 Å². The van der Waals surface area contributed by atoms with Crippen LogP contribution in [-0.4, -0.2) is 51.2 Å². The van der Waals surface area contributed by atoms with Crippen molar-refractivity contribution in [2.45, 2.75) is 25.8 Å². The van der Waals surface area contributed by atoms with Crippen molar-refractivity contribution >= 4 is 5.69 Å². The average Bonchev–Trinajstić information content (AvgIpc) is 2.40. The van der Waals surface area contributed by atoms with Gasteiger partial charge in [0.05, 0.1) is 17.6 Å². The van der Waals surface area contributed by atoms with Crippen molar-refractivity contribution in [2.24, 2.45) is 0 Å². The maximum Gasteiger partial charge on any atom is 0.0574 e. The van der Waals surface area contributed by atoms with E-state index in [0.717, 1.165) is 25.2 Å². The van der Waals surface area contributed by atoms with Gasteiger partial charge in [0.25, 0.3) is 0 Å². The van der Waals surface area contributed by atoms with Gasteiger partial charge < -0.3 is 15.1 Å². The van der Waals surface area contributed by atoms with E-state index >= 15 is 0 Å². The molecule has 4 nitrogen and oxygen atoms in total. The molecule has 0 amide bonds. The predicted octanol–water partition coefficient (Wildman–Crippen LogP) is 2.14. The molecule has 1 aromatic heterocycles. The second-order valence-corrected chi connectivity index (χ2v) is 5.27. The molecule has 4 heteroatoms. The third-order valence-electron chi connectivity index (χ3n) is 3.42. The van der Waals surface area contributed by atoms with Gasteiger partial charge in [-0.15, -0.1) is 0 Å². The van der Waals surface area contributed by atoms with Gasteiger partial charge in [-0.25, -0.2) is 0 Å². The lowest BCUT2D eigenvalue weighted by Gasteiger charge is -2.21. The van der Waals surface area contributed by atoms with Gasteiger partial charge in [-0.1, -0.05) is 6.92 Å². The topological polar surface area (TPSA) is 31.4 Å². The summed E-state index contributed by atoms with van der Waals surface area (Å²) >= 11 is 0. The Morgan fingerprint density at radius 1 is 1.21 bits per heavy atom. The second kappa shape index (κ2) is 8.12. The minimum Gasteiger partial charge on any atom is -0.373 e. The minimum atomic E-state index is 0.355. The van der Waals surface area contributed by atoms with Crippen molar-refractivity contribution in [1.82, 2.24) is 15.2 Å². The first-order valence-corrected chi connectivity index (χ1v) is 7.07. The summed E-state index contributed by atoms with van der Waals surface area (Å²) < 4.78 is 0. The molecule has 0 bridgehead atoms. The Morgan fingerprint density at radius 3 is 2.42 bits per heavy atom. The number of nitrogens with zero attached hydrogens (tertiary/aromatic N) is 3. The van der Waals surface area contributed by atoms with Gasteiger partial charge in [0.15, 0.2) is 0 Å². The molecule has 1 atom stereocenters. The summed E-state index contributed by atoms with van der Waals surface area (Å²) in [6, 6.07) is 4.65. The van der Waals surface area contributed by atoms with Gasteiger partial charge >= 0.3 is 0 Å². The molecule has 0 spiro atoms. The second-order valence-electron chi connectivity index (χ2n) is 5.27. The SMILES string of the molecule is CCC(NC)c1ccc(N(C)CCCN(C)C)cn1. The van der Waals surface area contributed by atoms with Gasteiger partial charge in [0.2, 0.25) is 0 Å². The van der Waals surface area contributed by atoms with Crippen LogP contribution in [0.25, 0.3) is 0 Å². The first-order valence-electron chi connectivity index (χ1n) is 7.07. The number of hydrogen-bond donors (Lipinski definition) is 1. The molecule has 1 aromatic rings. The summed E-state index contributed by atoms with van der Waals surface area (Å²) in [4.78, 5) is 9.05. The van der Waals surface area contributed by atoms with Gasteiger partial charge in [-0.3, -0.25) is 4.98 Å². The molecule has 0 aliphatic carbocycles. The Morgan fingerprint density at radius 2 is 1.95 bits per heavy atom. The predicted molar refractivity (Wildman–Crippen MR) is 82.8 cm³/mol. The van der Waals surface area contributed by atoms with Crippen LogP contribution >= 0.6 is 0 Å². The number of aromatic nitrogens is 1. The zero-order valence-electron chi connectivity index (χ0n) is 13.0. The maximum atomic E-state index is 4.57. The highest BCUT2D eigenvalue weighted by atomic mass is 15.1. The van der Waals surface area contributed by atoms with Crippen LogP contribution in [-0.2, 0) is 0 Å². The van der Waals surface area contributed by atoms with E-state index in [-0.39, 0.29) is 0 Å². The smallest absolute Gasteiger partial charge is 0.0574 e. The lowest BCUT2D eigenvalue weighted by atomic mass is 10.1. The summed E-state index contributed by atoms with van der Waals surface area (Å²) in [6.07, 6.45) is 4.20. The summed E-state index contributed by atoms with van der Waals surface area (Å²) in [7, 11) is 8.33. The fraction of sp³-hybridized carbons (Fsp3) is 0.667. The molecule has 108 valence electrons. The van der Waals surface area contributed by atoms with Crippen LogP contribution < -0.4 is 10.2 Å². The van der Waals surface area contributed by atoms with Crippen molar-refractivity contribution in [3.05, 3.63) is 24.0 Å². The Bertz CT molecular complexity index is 344. The summed E-state index contributed by atoms with van der Waals surface area (Å²) in [5.41, 5.74) is 2.31. The zero-order chi connectivity index (χ0) is 14.3. The van der Waals surface area contributed by atoms with Crippen LogP contribution in [0.2, 0.25) is 0 Å². The Balaban J connectivity index is 2.55. The number of anilines is 1. The Kier molecular flexibility index (Phi) is 6.81. The van der Waals surface area contributed by atoms with Crippen molar-refractivity contribution < 1.29 is 0 Å². The molecule has 1 N–H and O–H groups in total. The molecular formula is C15H28N4. The van der Waals surface area contributed by atoms with E-state index in [4.69, 9.17) is 0 Å². The molecule has 0 radical (unpaired) electrons. The van der Waals surface area contributed by atoms with Crippen LogP contribution in [0.15, 0.2) is 18.3 Å². The number of pyridine rings is 1. The van der Waals surface area contributed by atoms with E-state index in [0.29, 0.717) is 6.04 Å². The normalized spacial score (nSPS) is 12.7. The first kappa shape index (κ1) is 15.9. The third kappa shape index (κ3) is 5.17. The molecule has 0 aliphatic heterocycles. The average molecular weight is 264 g/mol. The van der Waals surface area contributed by atoms with Gasteiger partial charge in [-0.2, -0.15) is 0 Å². The quantitative estimate of drug-likeness (QED) is 0.779. The van der Waals surface area contributed by atoms with Gasteiger partial charge in [-0.05, 0) is 52.7 Å². The molecule has 0 saturated heterocycles. The summed E-state index contributed by atoms with van der Waals surface area (Å²) in [6.45, 7) is 4.35. The van der Waals surface area contributed by atoms with Crippen LogP contribution in [0.4, 0.5) is 5.69 Å². The van der Waals surface area contributed by atoms with Crippen LogP contribution in [0.1, 0.15) is 31.5 Å². The fourth-order valence-corrected chi connectivity index (χ4v) is 2.14. The molecule has 0 saturated carbocycles. The van der Waals surface area contributed by atoms with Crippen LogP contribution in [0.5, 0.6) is 0 Å². The highest BCUT2D eigenvalue weighted by Crippen LogP contribution is 2.17. The van der Waals surface area contributed by atoms with E-state index in [9.17, 15) is 0 Å². The Hall–Kier alpha value is -1.13. The molecule has 19 heavy (non-hydrogen) atoms. The highest BCUT2D eigenvalue weighted by molar-refractivity contribution is 5.43. The lowest BCUT2D eigenvalue weighted by molar-refractivity contribution is 0.401. The fourth-order valence-electron chi connectivity index (χ4n) is 2.14. The highest BCUT2D eigenvalue weighted by Gasteiger charge is 2.08. The van der Waals surface area contributed by atoms with Crippen molar-refractivity contribution in [1.29, 1.82) is 0 Å². The van der Waals surface area contributed by atoms with Gasteiger partial charge in [0, 0.05) is 19.6 Å². The molecule has 1 rings (SSSR count). The molecule has 1 unspecified atom stereocenters. The van der Waals surface area contributed by atoms with Crippen molar-refractivity contribution in [3.63, 3.8) is 0 Å². The van der Waals surface area contributed by atoms with E-state index in [1.54, 1.807) is 0 Å². The minimum absolute atomic E-state index is 0.355. The number of rotatable bonds is 8. The summed E-state index contributed by atoms with van der Waals surface area (Å²) in [5, 5.41) is 3.28.